The van der Waals surface area contributed by atoms with Crippen LogP contribution in [0.5, 0.6) is 11.5 Å². The number of carbonyl (C=O) groups is 2. The summed E-state index contributed by atoms with van der Waals surface area (Å²) in [5.74, 6) is -0.431. The standard InChI is InChI=1S/2C7H6O2.Ni.H2O/c2*8-5-6-3-1-2-4-7(6)9;;/h2*1-5,9H;;1H2/q;;+2;/p-2. The fourth-order valence-corrected chi connectivity index (χ4v) is 1.16. The summed E-state index contributed by atoms with van der Waals surface area (Å²) in [6, 6.07) is 12.2. The molecule has 2 N–H and O–H groups in total. The van der Waals surface area contributed by atoms with Gasteiger partial charge in [-0.2, -0.15) is 0 Å². The van der Waals surface area contributed by atoms with Crippen molar-refractivity contribution in [2.24, 2.45) is 0 Å². The van der Waals surface area contributed by atoms with Crippen molar-refractivity contribution in [3.05, 3.63) is 59.7 Å². The normalized spacial score (nSPS) is 8.00. The summed E-state index contributed by atoms with van der Waals surface area (Å²) in [7, 11) is 0. The van der Waals surface area contributed by atoms with Crippen LogP contribution < -0.4 is 10.2 Å². The molecule has 0 aliphatic carbocycles. The van der Waals surface area contributed by atoms with E-state index in [1.807, 2.05) is 0 Å². The van der Waals surface area contributed by atoms with E-state index < -0.39 is 0 Å². The second-order valence-corrected chi connectivity index (χ2v) is 3.31. The van der Waals surface area contributed by atoms with E-state index in [9.17, 15) is 19.8 Å². The van der Waals surface area contributed by atoms with Gasteiger partial charge >= 0.3 is 16.5 Å². The molecule has 0 saturated heterocycles. The Bertz CT molecular complexity index is 493. The van der Waals surface area contributed by atoms with Crippen LogP contribution in [0.2, 0.25) is 0 Å². The molecule has 5 nitrogen and oxygen atoms in total. The fourth-order valence-electron chi connectivity index (χ4n) is 1.16. The first-order valence-electron chi connectivity index (χ1n) is 5.11. The minimum Gasteiger partial charge on any atom is -0.872 e. The Morgan fingerprint density at radius 3 is 1.20 bits per heavy atom. The molecule has 108 valence electrons. The molecular formula is C14H12NiO5. The van der Waals surface area contributed by atoms with Crippen molar-refractivity contribution in [1.29, 1.82) is 0 Å². The largest absolute Gasteiger partial charge is 2.00 e. The van der Waals surface area contributed by atoms with Gasteiger partial charge < -0.3 is 15.7 Å². The molecule has 2 rings (SSSR count). The monoisotopic (exact) mass is 318 g/mol. The second kappa shape index (κ2) is 10.7. The minimum absolute atomic E-state index is 0. The topological polar surface area (TPSA) is 112 Å². The van der Waals surface area contributed by atoms with Gasteiger partial charge in [-0.25, -0.2) is 0 Å². The van der Waals surface area contributed by atoms with Gasteiger partial charge in [-0.1, -0.05) is 60.0 Å². The average Bonchev–Trinajstić information content (AvgIpc) is 2.41. The Kier molecular flexibility index (Phi) is 10.8. The minimum atomic E-state index is -0.215. The van der Waals surface area contributed by atoms with Crippen LogP contribution in [0, 0.1) is 0 Å². The molecule has 2 aromatic rings. The van der Waals surface area contributed by atoms with Crippen molar-refractivity contribution < 1.29 is 41.8 Å². The Hall–Kier alpha value is -2.17. The first-order valence-corrected chi connectivity index (χ1v) is 5.11. The van der Waals surface area contributed by atoms with E-state index in [1.54, 1.807) is 24.3 Å². The molecule has 0 heterocycles. The number of rotatable bonds is 2. The molecule has 0 unspecified atom stereocenters. The third-order valence-electron chi connectivity index (χ3n) is 2.09. The van der Waals surface area contributed by atoms with Crippen molar-refractivity contribution in [2.75, 3.05) is 0 Å². The summed E-state index contributed by atoms with van der Waals surface area (Å²) < 4.78 is 0. The molecule has 0 atom stereocenters. The number of para-hydroxylation sites is 2. The molecular weight excluding hydrogens is 307 g/mol. The van der Waals surface area contributed by atoms with E-state index in [-0.39, 0.29) is 44.6 Å². The van der Waals surface area contributed by atoms with Crippen LogP contribution in [0.15, 0.2) is 48.5 Å². The smallest absolute Gasteiger partial charge is 0.872 e. The number of hydrogen-bond acceptors (Lipinski definition) is 4. The van der Waals surface area contributed by atoms with Crippen LogP contribution in [-0.4, -0.2) is 18.0 Å². The van der Waals surface area contributed by atoms with Gasteiger partial charge in [0.05, 0.1) is 0 Å². The zero-order valence-corrected chi connectivity index (χ0v) is 11.2. The number of benzene rings is 2. The van der Waals surface area contributed by atoms with Crippen LogP contribution in [0.3, 0.4) is 0 Å². The Balaban J connectivity index is 0. The van der Waals surface area contributed by atoms with E-state index in [2.05, 4.69) is 0 Å². The predicted octanol–water partition coefficient (Wildman–Crippen LogP) is 0.318. The first kappa shape index (κ1) is 20.2. The van der Waals surface area contributed by atoms with Crippen molar-refractivity contribution in [2.45, 2.75) is 0 Å². The molecule has 0 aromatic heterocycles. The maximum absolute atomic E-state index is 10.6. The van der Waals surface area contributed by atoms with Gasteiger partial charge in [0.25, 0.3) is 0 Å². The van der Waals surface area contributed by atoms with Gasteiger partial charge in [0.2, 0.25) is 0 Å². The molecule has 0 bridgehead atoms. The summed E-state index contributed by atoms with van der Waals surface area (Å²) >= 11 is 0. The van der Waals surface area contributed by atoms with Gasteiger partial charge in [-0.05, 0) is 0 Å². The van der Waals surface area contributed by atoms with Gasteiger partial charge in [0, 0.05) is 11.1 Å². The van der Waals surface area contributed by atoms with E-state index in [1.165, 1.54) is 24.3 Å². The molecule has 20 heavy (non-hydrogen) atoms. The zero-order chi connectivity index (χ0) is 13.4. The van der Waals surface area contributed by atoms with Crippen LogP contribution in [-0.2, 0) is 16.5 Å². The van der Waals surface area contributed by atoms with Crippen LogP contribution in [0.25, 0.3) is 0 Å². The molecule has 2 aromatic carbocycles. The summed E-state index contributed by atoms with van der Waals surface area (Å²) in [5.41, 5.74) is 0.440. The van der Waals surface area contributed by atoms with Gasteiger partial charge in [0.15, 0.2) is 0 Å². The number of aldehydes is 2. The van der Waals surface area contributed by atoms with Gasteiger partial charge in [-0.15, -0.1) is 0 Å². The third-order valence-corrected chi connectivity index (χ3v) is 2.09. The molecule has 0 saturated carbocycles. The predicted molar refractivity (Wildman–Crippen MR) is 66.2 cm³/mol. The summed E-state index contributed by atoms with van der Waals surface area (Å²) in [6.07, 6.45) is 1.12. The zero-order valence-electron chi connectivity index (χ0n) is 10.2. The molecule has 0 amide bonds. The van der Waals surface area contributed by atoms with Gasteiger partial charge in [-0.3, -0.25) is 9.59 Å². The number of hydrogen-bond donors (Lipinski definition) is 0. The van der Waals surface area contributed by atoms with Crippen LogP contribution >= 0.6 is 0 Å². The maximum atomic E-state index is 10.6. The van der Waals surface area contributed by atoms with Crippen molar-refractivity contribution in [1.82, 2.24) is 0 Å². The van der Waals surface area contributed by atoms with E-state index in [0.29, 0.717) is 12.6 Å². The summed E-state index contributed by atoms with van der Waals surface area (Å²) in [5, 5.41) is 21.2. The average molecular weight is 319 g/mol. The first-order chi connectivity index (χ1) is 8.69. The number of carbonyl (C=O) groups excluding carboxylic acids is 2. The Morgan fingerprint density at radius 2 is 1.00 bits per heavy atom. The molecule has 6 heteroatoms. The summed E-state index contributed by atoms with van der Waals surface area (Å²) in [4.78, 5) is 20.1. The quantitative estimate of drug-likeness (QED) is 0.586. The van der Waals surface area contributed by atoms with Crippen LogP contribution in [0.4, 0.5) is 0 Å². The third kappa shape index (κ3) is 6.13. The van der Waals surface area contributed by atoms with Crippen molar-refractivity contribution in [3.8, 4) is 11.5 Å². The second-order valence-electron chi connectivity index (χ2n) is 3.31. The summed E-state index contributed by atoms with van der Waals surface area (Å²) in [6.45, 7) is 0. The molecule has 0 aliphatic heterocycles. The maximum Gasteiger partial charge on any atom is 2.00 e. The molecule has 0 radical (unpaired) electrons. The molecule has 0 spiro atoms. The van der Waals surface area contributed by atoms with Crippen molar-refractivity contribution in [3.63, 3.8) is 0 Å². The van der Waals surface area contributed by atoms with E-state index >= 15 is 0 Å². The van der Waals surface area contributed by atoms with E-state index in [0.717, 1.165) is 0 Å². The Morgan fingerprint density at radius 1 is 0.700 bits per heavy atom. The fraction of sp³-hybridized carbons (Fsp3) is 0. The van der Waals surface area contributed by atoms with Crippen LogP contribution in [0.1, 0.15) is 20.7 Å². The van der Waals surface area contributed by atoms with Gasteiger partial charge in [0.1, 0.15) is 12.6 Å². The SMILES string of the molecule is O.O=Cc1ccccc1[O-].O=Cc1ccccc1[O-].[Ni+2]. The Labute approximate surface area is 126 Å². The molecule has 0 aliphatic rings. The molecule has 0 fully saturated rings. The van der Waals surface area contributed by atoms with E-state index in [4.69, 9.17) is 0 Å². The van der Waals surface area contributed by atoms with Crippen molar-refractivity contribution >= 4 is 12.6 Å².